The topological polar surface area (TPSA) is 55.2 Å². The van der Waals surface area contributed by atoms with Gasteiger partial charge in [0.05, 0.1) is 17.0 Å². The predicted molar refractivity (Wildman–Crippen MR) is 136 cm³/mol. The summed E-state index contributed by atoms with van der Waals surface area (Å²) in [5, 5.41) is 0.616. The van der Waals surface area contributed by atoms with E-state index in [1.54, 1.807) is 10.6 Å². The van der Waals surface area contributed by atoms with Crippen LogP contribution in [0.2, 0.25) is 0 Å². The van der Waals surface area contributed by atoms with Crippen LogP contribution in [0.3, 0.4) is 0 Å². The zero-order valence-electron chi connectivity index (χ0n) is 19.9. The normalized spacial score (nSPS) is 15.8. The third-order valence-corrected chi connectivity index (χ3v) is 7.96. The van der Waals surface area contributed by atoms with Gasteiger partial charge >= 0.3 is 0 Å². The van der Waals surface area contributed by atoms with Gasteiger partial charge < -0.3 is 4.90 Å². The van der Waals surface area contributed by atoms with Crippen LogP contribution in [0.5, 0.6) is 0 Å². The smallest absolute Gasteiger partial charge is 0.258 e. The average molecular weight is 466 g/mol. The summed E-state index contributed by atoms with van der Waals surface area (Å²) in [4.78, 5) is 33.9. The second kappa shape index (κ2) is 10.3. The van der Waals surface area contributed by atoms with Gasteiger partial charge in [0.15, 0.2) is 5.16 Å². The maximum Gasteiger partial charge on any atom is 0.258 e. The molecule has 5 nitrogen and oxygen atoms in total. The number of hydrogen-bond acceptors (Lipinski definition) is 4. The number of rotatable bonds is 9. The Bertz CT molecular complexity index is 1080. The molecular weight excluding hydrogens is 430 g/mol. The number of fused-ring (bicyclic) bond motifs is 4. The molecule has 2 aliphatic carbocycles. The maximum atomic E-state index is 13.9. The number of carbonyl (C=O) groups excluding carboxylic acids is 1. The molecule has 2 aromatic rings. The summed E-state index contributed by atoms with van der Waals surface area (Å²) in [6.45, 7) is 9.99. The van der Waals surface area contributed by atoms with E-state index in [9.17, 15) is 9.59 Å². The fraction of sp³-hybridized carbons (Fsp3) is 0.519. The first-order valence-electron chi connectivity index (χ1n) is 12.3. The molecule has 1 fully saturated rings. The zero-order valence-corrected chi connectivity index (χ0v) is 20.8. The fourth-order valence-electron chi connectivity index (χ4n) is 5.56. The van der Waals surface area contributed by atoms with Crippen LogP contribution >= 0.6 is 11.8 Å². The maximum absolute atomic E-state index is 13.9. The van der Waals surface area contributed by atoms with Crippen molar-refractivity contribution in [2.45, 2.75) is 75.9 Å². The van der Waals surface area contributed by atoms with Crippen molar-refractivity contribution >= 4 is 17.7 Å². The van der Waals surface area contributed by atoms with Gasteiger partial charge in [0.1, 0.15) is 0 Å². The molecule has 0 bridgehead atoms. The van der Waals surface area contributed by atoms with E-state index in [2.05, 4.69) is 38.6 Å². The van der Waals surface area contributed by atoms with Gasteiger partial charge in [-0.1, -0.05) is 68.8 Å². The first-order chi connectivity index (χ1) is 16.0. The molecule has 4 rings (SSSR count). The van der Waals surface area contributed by atoms with Gasteiger partial charge in [0.2, 0.25) is 5.91 Å². The second-order valence-corrected chi connectivity index (χ2v) is 10.3. The summed E-state index contributed by atoms with van der Waals surface area (Å²) in [7, 11) is 0. The molecule has 176 valence electrons. The summed E-state index contributed by atoms with van der Waals surface area (Å²) in [5.41, 5.74) is 4.00. The third kappa shape index (κ3) is 4.54. The van der Waals surface area contributed by atoms with Gasteiger partial charge in [0.25, 0.3) is 5.56 Å². The van der Waals surface area contributed by atoms with Crippen LogP contribution in [0, 0.1) is 0 Å². The molecule has 6 heteroatoms. The van der Waals surface area contributed by atoms with Crippen molar-refractivity contribution in [1.29, 1.82) is 0 Å². The minimum Gasteiger partial charge on any atom is -0.342 e. The highest BCUT2D eigenvalue weighted by Gasteiger charge is 2.44. The van der Waals surface area contributed by atoms with Gasteiger partial charge in [-0.15, -0.1) is 6.58 Å². The molecule has 0 saturated heterocycles. The lowest BCUT2D eigenvalue weighted by atomic mass is 9.68. The Morgan fingerprint density at radius 2 is 1.91 bits per heavy atom. The molecule has 1 heterocycles. The fourth-order valence-corrected chi connectivity index (χ4v) is 6.47. The van der Waals surface area contributed by atoms with E-state index in [0.29, 0.717) is 11.7 Å². The van der Waals surface area contributed by atoms with Crippen molar-refractivity contribution in [2.24, 2.45) is 0 Å². The molecule has 33 heavy (non-hydrogen) atoms. The largest absolute Gasteiger partial charge is 0.342 e. The number of amides is 1. The molecule has 1 spiro atoms. The lowest BCUT2D eigenvalue weighted by Crippen LogP contribution is -2.40. The monoisotopic (exact) mass is 465 g/mol. The number of carbonyl (C=O) groups is 1. The van der Waals surface area contributed by atoms with Crippen molar-refractivity contribution < 1.29 is 4.79 Å². The molecule has 0 unspecified atom stereocenters. The molecule has 0 aliphatic heterocycles. The average Bonchev–Trinajstić information content (AvgIpc) is 3.27. The van der Waals surface area contributed by atoms with Gasteiger partial charge in [-0.05, 0) is 37.7 Å². The van der Waals surface area contributed by atoms with Gasteiger partial charge in [-0.25, -0.2) is 4.98 Å². The van der Waals surface area contributed by atoms with Crippen LogP contribution in [0.1, 0.15) is 63.5 Å². The van der Waals surface area contributed by atoms with Gasteiger partial charge in [-0.2, -0.15) is 0 Å². The summed E-state index contributed by atoms with van der Waals surface area (Å²) >= 11 is 1.38. The number of aromatic nitrogens is 2. The van der Waals surface area contributed by atoms with E-state index in [4.69, 9.17) is 4.98 Å². The Labute approximate surface area is 201 Å². The minimum absolute atomic E-state index is 0.0465. The van der Waals surface area contributed by atoms with E-state index >= 15 is 0 Å². The van der Waals surface area contributed by atoms with Crippen molar-refractivity contribution in [3.63, 3.8) is 0 Å². The Hall–Kier alpha value is -2.34. The van der Waals surface area contributed by atoms with Crippen LogP contribution < -0.4 is 5.56 Å². The molecule has 0 radical (unpaired) electrons. The van der Waals surface area contributed by atoms with E-state index in [1.807, 2.05) is 11.0 Å². The molecule has 1 aromatic heterocycles. The number of hydrogen-bond donors (Lipinski definition) is 0. The Morgan fingerprint density at radius 1 is 1.21 bits per heavy atom. The van der Waals surface area contributed by atoms with Crippen molar-refractivity contribution in [1.82, 2.24) is 14.5 Å². The van der Waals surface area contributed by atoms with E-state index in [1.165, 1.54) is 17.3 Å². The highest BCUT2D eigenvalue weighted by molar-refractivity contribution is 7.99. The Balaban J connectivity index is 1.77. The zero-order chi connectivity index (χ0) is 23.4. The highest BCUT2D eigenvalue weighted by Crippen LogP contribution is 2.49. The minimum atomic E-state index is -0.116. The standard InChI is InChI=1S/C27H35N3O2S/c1-4-15-29(16-5-2)22(31)19-33-26-28-24-21-12-8-7-11-20(21)18-27(13-9-10-14-27)23(24)25(32)30(26)17-6-3/h6-8,11-12H,3-5,9-10,13-19H2,1-2H3. The lowest BCUT2D eigenvalue weighted by molar-refractivity contribution is -0.128. The lowest BCUT2D eigenvalue weighted by Gasteiger charge is -2.36. The van der Waals surface area contributed by atoms with Gasteiger partial charge in [-0.3, -0.25) is 14.2 Å². The summed E-state index contributed by atoms with van der Waals surface area (Å²) < 4.78 is 1.74. The molecule has 1 saturated carbocycles. The van der Waals surface area contributed by atoms with Crippen LogP contribution in [-0.4, -0.2) is 39.2 Å². The van der Waals surface area contributed by atoms with Crippen LogP contribution in [0.4, 0.5) is 0 Å². The van der Waals surface area contributed by atoms with Gasteiger partial charge in [0, 0.05) is 30.6 Å². The second-order valence-electron chi connectivity index (χ2n) is 9.31. The molecule has 0 N–H and O–H groups in total. The number of benzene rings is 1. The SMILES string of the molecule is C=CCn1c(SCC(=O)N(CCC)CCC)nc2c(c1=O)C1(CCCC1)Cc1ccccc1-2. The Kier molecular flexibility index (Phi) is 7.42. The first-order valence-corrected chi connectivity index (χ1v) is 13.3. The van der Waals surface area contributed by atoms with E-state index in [-0.39, 0.29) is 22.6 Å². The van der Waals surface area contributed by atoms with Crippen LogP contribution in [0.25, 0.3) is 11.3 Å². The number of thioether (sulfide) groups is 1. The van der Waals surface area contributed by atoms with Crippen molar-refractivity contribution in [3.8, 4) is 11.3 Å². The van der Waals surface area contributed by atoms with Crippen molar-refractivity contribution in [2.75, 3.05) is 18.8 Å². The summed E-state index contributed by atoms with van der Waals surface area (Å²) in [5.74, 6) is 0.392. The predicted octanol–water partition coefficient (Wildman–Crippen LogP) is 5.20. The first kappa shape index (κ1) is 23.8. The molecular formula is C27H35N3O2S. The Morgan fingerprint density at radius 3 is 2.58 bits per heavy atom. The van der Waals surface area contributed by atoms with Crippen LogP contribution in [0.15, 0.2) is 46.9 Å². The molecule has 2 aliphatic rings. The molecule has 0 atom stereocenters. The highest BCUT2D eigenvalue weighted by atomic mass is 32.2. The van der Waals surface area contributed by atoms with Crippen LogP contribution in [-0.2, 0) is 23.2 Å². The van der Waals surface area contributed by atoms with E-state index < -0.39 is 0 Å². The third-order valence-electron chi connectivity index (χ3n) is 7.00. The van der Waals surface area contributed by atoms with E-state index in [0.717, 1.165) is 74.9 Å². The quantitative estimate of drug-likeness (QED) is 0.290. The number of nitrogens with zero attached hydrogens (tertiary/aromatic N) is 3. The molecule has 1 amide bonds. The summed E-state index contributed by atoms with van der Waals surface area (Å²) in [6.07, 6.45) is 8.91. The number of allylic oxidation sites excluding steroid dienone is 1. The molecule has 1 aromatic carbocycles. The van der Waals surface area contributed by atoms with Crippen molar-refractivity contribution in [3.05, 3.63) is 58.4 Å². The summed E-state index contributed by atoms with van der Waals surface area (Å²) in [6, 6.07) is 8.37.